The van der Waals surface area contributed by atoms with Crippen molar-refractivity contribution in [2.45, 2.75) is 6.04 Å². The second-order valence-electron chi connectivity index (χ2n) is 6.82. The monoisotopic (exact) mass is 383 g/mol. The van der Waals surface area contributed by atoms with E-state index in [4.69, 9.17) is 0 Å². The molecule has 29 heavy (non-hydrogen) atoms. The van der Waals surface area contributed by atoms with Crippen LogP contribution in [0.5, 0.6) is 0 Å². The van der Waals surface area contributed by atoms with Crippen molar-refractivity contribution in [2.24, 2.45) is 0 Å². The lowest BCUT2D eigenvalue weighted by atomic mass is 9.95. The van der Waals surface area contributed by atoms with E-state index >= 15 is 0 Å². The number of aromatic amines is 1. The molecule has 0 spiro atoms. The van der Waals surface area contributed by atoms with Crippen molar-refractivity contribution >= 4 is 22.9 Å². The van der Waals surface area contributed by atoms with Gasteiger partial charge in [-0.2, -0.15) is 5.10 Å². The maximum absolute atomic E-state index is 11.1. The van der Waals surface area contributed by atoms with Crippen LogP contribution < -0.4 is 10.6 Å². The summed E-state index contributed by atoms with van der Waals surface area (Å²) in [5.74, 6) is 0.727. The van der Waals surface area contributed by atoms with Crippen LogP contribution in [0.2, 0.25) is 0 Å². The molecule has 0 radical (unpaired) electrons. The Labute approximate surface area is 166 Å². The van der Waals surface area contributed by atoms with Gasteiger partial charge in [-0.1, -0.05) is 42.5 Å². The highest BCUT2D eigenvalue weighted by Gasteiger charge is 2.29. The molecule has 142 valence electrons. The Morgan fingerprint density at radius 3 is 2.28 bits per heavy atom. The molecule has 0 saturated carbocycles. The first-order chi connectivity index (χ1) is 14.2. The van der Waals surface area contributed by atoms with Gasteiger partial charge in [0.15, 0.2) is 5.82 Å². The van der Waals surface area contributed by atoms with Crippen LogP contribution in [0.25, 0.3) is 11.3 Å². The van der Waals surface area contributed by atoms with E-state index in [-0.39, 0.29) is 16.7 Å². The van der Waals surface area contributed by atoms with Crippen LogP contribution in [0, 0.1) is 10.1 Å². The zero-order valence-electron chi connectivity index (χ0n) is 15.3. The van der Waals surface area contributed by atoms with Crippen molar-refractivity contribution in [3.8, 4) is 11.3 Å². The van der Waals surface area contributed by atoms with Gasteiger partial charge in [-0.05, 0) is 35.4 Å². The number of hydrogen-bond acceptors (Lipinski definition) is 5. The van der Waals surface area contributed by atoms with Crippen LogP contribution in [0.4, 0.5) is 22.9 Å². The molecule has 5 rings (SSSR count). The largest absolute Gasteiger partial charge is 0.372 e. The summed E-state index contributed by atoms with van der Waals surface area (Å²) in [5, 5.41) is 25.8. The first-order valence-corrected chi connectivity index (χ1v) is 9.21. The Morgan fingerprint density at radius 1 is 0.862 bits per heavy atom. The molecule has 2 heterocycles. The summed E-state index contributed by atoms with van der Waals surface area (Å²) in [6.45, 7) is 0. The standard InChI is InChI=1S/C22H17N5O2/c28-27(29)16-12-10-15(11-13-16)20-19-21(14-6-2-1-3-7-14)25-26-22(19)24-18-9-5-4-8-17(18)23-20/h1-13,20,23H,(H2,24,25,26)/t20-/m0/s1. The number of rotatable bonds is 3. The first-order valence-electron chi connectivity index (χ1n) is 9.21. The number of nitro benzene ring substituents is 1. The Hall–Kier alpha value is -4.13. The zero-order chi connectivity index (χ0) is 19.8. The van der Waals surface area contributed by atoms with E-state index in [0.29, 0.717) is 0 Å². The molecule has 3 N–H and O–H groups in total. The number of para-hydroxylation sites is 2. The smallest absolute Gasteiger partial charge is 0.269 e. The number of nitro groups is 1. The fourth-order valence-electron chi connectivity index (χ4n) is 3.66. The molecule has 0 amide bonds. The minimum absolute atomic E-state index is 0.0663. The molecule has 0 unspecified atom stereocenters. The minimum atomic E-state index is -0.389. The van der Waals surface area contributed by atoms with Gasteiger partial charge in [-0.3, -0.25) is 15.2 Å². The molecule has 1 aliphatic heterocycles. The molecule has 3 aromatic carbocycles. The molecule has 0 bridgehead atoms. The van der Waals surface area contributed by atoms with Crippen molar-refractivity contribution in [2.75, 3.05) is 10.6 Å². The van der Waals surface area contributed by atoms with Gasteiger partial charge in [0, 0.05) is 17.7 Å². The van der Waals surface area contributed by atoms with Crippen molar-refractivity contribution in [1.82, 2.24) is 10.2 Å². The van der Waals surface area contributed by atoms with E-state index in [2.05, 4.69) is 20.8 Å². The number of hydrogen-bond donors (Lipinski definition) is 3. The van der Waals surface area contributed by atoms with Gasteiger partial charge in [0.1, 0.15) is 0 Å². The first kappa shape index (κ1) is 17.0. The molecular formula is C22H17N5O2. The predicted octanol–water partition coefficient (Wildman–Crippen LogP) is 5.24. The molecule has 7 nitrogen and oxygen atoms in total. The van der Waals surface area contributed by atoms with Crippen LogP contribution in [0.15, 0.2) is 78.9 Å². The number of H-pyrrole nitrogens is 1. The maximum atomic E-state index is 11.1. The quantitative estimate of drug-likeness (QED) is 0.332. The summed E-state index contributed by atoms with van der Waals surface area (Å²) in [5.41, 5.74) is 5.71. The fraction of sp³-hybridized carbons (Fsp3) is 0.0455. The van der Waals surface area contributed by atoms with E-state index in [1.165, 1.54) is 12.1 Å². The summed E-state index contributed by atoms with van der Waals surface area (Å²) in [4.78, 5) is 10.7. The molecule has 1 atom stereocenters. The van der Waals surface area contributed by atoms with Crippen molar-refractivity contribution in [1.29, 1.82) is 0 Å². The molecule has 0 aliphatic carbocycles. The number of nitrogens with zero attached hydrogens (tertiary/aromatic N) is 2. The van der Waals surface area contributed by atoms with Gasteiger partial charge in [-0.15, -0.1) is 0 Å². The Bertz CT molecular complexity index is 1190. The Morgan fingerprint density at radius 2 is 1.55 bits per heavy atom. The van der Waals surface area contributed by atoms with Crippen LogP contribution in [-0.4, -0.2) is 15.1 Å². The van der Waals surface area contributed by atoms with Gasteiger partial charge >= 0.3 is 0 Å². The van der Waals surface area contributed by atoms with Gasteiger partial charge in [-0.25, -0.2) is 0 Å². The van der Waals surface area contributed by atoms with Crippen molar-refractivity contribution < 1.29 is 4.92 Å². The molecule has 4 aromatic rings. The topological polar surface area (TPSA) is 95.9 Å². The van der Waals surface area contributed by atoms with Gasteiger partial charge in [0.25, 0.3) is 5.69 Å². The van der Waals surface area contributed by atoms with E-state index in [9.17, 15) is 10.1 Å². The van der Waals surface area contributed by atoms with Crippen LogP contribution in [0.3, 0.4) is 0 Å². The van der Waals surface area contributed by atoms with Crippen LogP contribution in [0.1, 0.15) is 17.2 Å². The summed E-state index contributed by atoms with van der Waals surface area (Å²) >= 11 is 0. The summed E-state index contributed by atoms with van der Waals surface area (Å²) in [7, 11) is 0. The van der Waals surface area contributed by atoms with Gasteiger partial charge in [0.2, 0.25) is 0 Å². The number of non-ortho nitro benzene ring substituents is 1. The Balaban J connectivity index is 1.69. The normalized spacial score (nSPS) is 14.7. The number of aromatic nitrogens is 2. The number of anilines is 3. The lowest BCUT2D eigenvalue weighted by Crippen LogP contribution is -2.12. The van der Waals surface area contributed by atoms with Crippen LogP contribution >= 0.6 is 0 Å². The average Bonchev–Trinajstić information content (AvgIpc) is 3.09. The number of nitrogens with one attached hydrogen (secondary N) is 3. The van der Waals surface area contributed by atoms with Crippen LogP contribution in [-0.2, 0) is 0 Å². The second kappa shape index (κ2) is 6.79. The second-order valence-corrected chi connectivity index (χ2v) is 6.82. The number of fused-ring (bicyclic) bond motifs is 2. The van der Waals surface area contributed by atoms with E-state index in [1.807, 2.05) is 54.6 Å². The summed E-state index contributed by atoms with van der Waals surface area (Å²) in [6, 6.07) is 24.3. The molecular weight excluding hydrogens is 366 g/mol. The highest BCUT2D eigenvalue weighted by molar-refractivity contribution is 5.82. The SMILES string of the molecule is O=[N+]([O-])c1ccc([C@@H]2Nc3ccccc3Nc3n[nH]c(-c4ccccc4)c32)cc1. The Kier molecular flexibility index (Phi) is 3.98. The predicted molar refractivity (Wildman–Crippen MR) is 112 cm³/mol. The minimum Gasteiger partial charge on any atom is -0.372 e. The zero-order valence-corrected chi connectivity index (χ0v) is 15.3. The molecule has 7 heteroatoms. The third-order valence-electron chi connectivity index (χ3n) is 5.07. The third kappa shape index (κ3) is 2.98. The summed E-state index contributed by atoms with van der Waals surface area (Å²) in [6.07, 6.45) is 0. The third-order valence-corrected chi connectivity index (χ3v) is 5.07. The van der Waals surface area contributed by atoms with E-state index < -0.39 is 0 Å². The molecule has 0 fully saturated rings. The lowest BCUT2D eigenvalue weighted by Gasteiger charge is -2.20. The fourth-order valence-corrected chi connectivity index (χ4v) is 3.66. The molecule has 0 saturated heterocycles. The highest BCUT2D eigenvalue weighted by atomic mass is 16.6. The van der Waals surface area contributed by atoms with Crippen molar-refractivity contribution in [3.05, 3.63) is 100 Å². The average molecular weight is 383 g/mol. The summed E-state index contributed by atoms with van der Waals surface area (Å²) < 4.78 is 0. The molecule has 1 aliphatic rings. The lowest BCUT2D eigenvalue weighted by molar-refractivity contribution is -0.384. The van der Waals surface area contributed by atoms with Crippen molar-refractivity contribution in [3.63, 3.8) is 0 Å². The highest BCUT2D eigenvalue weighted by Crippen LogP contribution is 2.43. The van der Waals surface area contributed by atoms with E-state index in [1.54, 1.807) is 12.1 Å². The number of benzene rings is 3. The van der Waals surface area contributed by atoms with E-state index in [0.717, 1.165) is 39.6 Å². The molecule has 1 aromatic heterocycles. The van der Waals surface area contributed by atoms with Gasteiger partial charge in [0.05, 0.1) is 28.0 Å². The van der Waals surface area contributed by atoms with Gasteiger partial charge < -0.3 is 10.6 Å². The maximum Gasteiger partial charge on any atom is 0.269 e.